The molecule has 0 aliphatic carbocycles. The quantitative estimate of drug-likeness (QED) is 0.636. The predicted octanol–water partition coefficient (Wildman–Crippen LogP) is 1.90. The number of hydrogen-bond donors (Lipinski definition) is 0. The molecule has 1 amide bonds. The van der Waals surface area contributed by atoms with Crippen LogP contribution in [0.15, 0.2) is 46.0 Å². The van der Waals surface area contributed by atoms with Crippen LogP contribution >= 0.6 is 0 Å². The van der Waals surface area contributed by atoms with Gasteiger partial charge in [-0.05, 0) is 55.7 Å². The highest BCUT2D eigenvalue weighted by atomic mass is 19.1. The van der Waals surface area contributed by atoms with Crippen LogP contribution < -0.4 is 16.0 Å². The van der Waals surface area contributed by atoms with E-state index in [0.29, 0.717) is 29.0 Å². The molecule has 0 saturated carbocycles. The Bertz CT molecular complexity index is 1250. The van der Waals surface area contributed by atoms with Gasteiger partial charge in [0.1, 0.15) is 17.2 Å². The maximum absolute atomic E-state index is 13.0. The lowest BCUT2D eigenvalue weighted by atomic mass is 9.98. The van der Waals surface area contributed by atoms with Crippen molar-refractivity contribution in [2.24, 2.45) is 14.1 Å². The minimum absolute atomic E-state index is 0.172. The number of carbonyl (C=O) groups is 1. The minimum Gasteiger partial charge on any atom is -0.484 e. The number of carbonyl (C=O) groups excluding carboxylic acids is 1. The lowest BCUT2D eigenvalue weighted by molar-refractivity contribution is -0.137. The number of amides is 1. The van der Waals surface area contributed by atoms with Gasteiger partial charge in [-0.1, -0.05) is 0 Å². The number of piperidine rings is 1. The van der Waals surface area contributed by atoms with Crippen LogP contribution in [0, 0.1) is 5.82 Å². The summed E-state index contributed by atoms with van der Waals surface area (Å²) in [6, 6.07) is 8.62. The molecule has 1 atom stereocenters. The number of nitrogens with zero attached hydrogens (tertiary/aromatic N) is 4. The summed E-state index contributed by atoms with van der Waals surface area (Å²) in [4.78, 5) is 43.9. The van der Waals surface area contributed by atoms with Gasteiger partial charge in [0.25, 0.3) is 11.5 Å². The van der Waals surface area contributed by atoms with Gasteiger partial charge >= 0.3 is 5.69 Å². The second-order valence-electron chi connectivity index (χ2n) is 7.65. The van der Waals surface area contributed by atoms with Crippen molar-refractivity contribution in [2.75, 3.05) is 13.2 Å². The van der Waals surface area contributed by atoms with Crippen LogP contribution in [0.3, 0.4) is 0 Å². The molecule has 0 N–H and O–H groups in total. The van der Waals surface area contributed by atoms with E-state index in [9.17, 15) is 18.8 Å². The largest absolute Gasteiger partial charge is 0.484 e. The number of hydrogen-bond acceptors (Lipinski definition) is 5. The zero-order valence-corrected chi connectivity index (χ0v) is 17.4. The molecule has 162 valence electrons. The van der Waals surface area contributed by atoms with Crippen molar-refractivity contribution in [3.63, 3.8) is 0 Å². The smallest absolute Gasteiger partial charge is 0.332 e. The van der Waals surface area contributed by atoms with Crippen molar-refractivity contribution in [3.8, 4) is 5.75 Å². The topological polar surface area (TPSA) is 86.4 Å². The number of aromatic nitrogens is 3. The van der Waals surface area contributed by atoms with Gasteiger partial charge in [-0.15, -0.1) is 0 Å². The Morgan fingerprint density at radius 2 is 1.84 bits per heavy atom. The van der Waals surface area contributed by atoms with Gasteiger partial charge in [-0.25, -0.2) is 14.2 Å². The van der Waals surface area contributed by atoms with E-state index < -0.39 is 11.2 Å². The number of pyridine rings is 1. The molecule has 3 aromatic rings. The number of halogens is 1. The van der Waals surface area contributed by atoms with Crippen molar-refractivity contribution >= 4 is 16.9 Å². The molecule has 4 rings (SSSR count). The molecule has 0 bridgehead atoms. The maximum atomic E-state index is 13.0. The molecule has 3 heterocycles. The van der Waals surface area contributed by atoms with Crippen LogP contribution in [-0.2, 0) is 18.9 Å². The Hall–Kier alpha value is -3.49. The molecule has 1 unspecified atom stereocenters. The second-order valence-corrected chi connectivity index (χ2v) is 7.65. The van der Waals surface area contributed by atoms with Crippen molar-refractivity contribution in [2.45, 2.75) is 25.3 Å². The Labute approximate surface area is 177 Å². The maximum Gasteiger partial charge on any atom is 0.332 e. The Morgan fingerprint density at radius 1 is 1.10 bits per heavy atom. The molecule has 1 fully saturated rings. The highest BCUT2D eigenvalue weighted by Crippen LogP contribution is 2.30. The lowest BCUT2D eigenvalue weighted by Gasteiger charge is -2.35. The van der Waals surface area contributed by atoms with Crippen molar-refractivity contribution < 1.29 is 13.9 Å². The number of fused-ring (bicyclic) bond motifs is 1. The van der Waals surface area contributed by atoms with Gasteiger partial charge in [-0.3, -0.25) is 18.7 Å². The highest BCUT2D eigenvalue weighted by Gasteiger charge is 2.29. The van der Waals surface area contributed by atoms with Crippen LogP contribution in [-0.4, -0.2) is 38.1 Å². The van der Waals surface area contributed by atoms with E-state index in [2.05, 4.69) is 4.98 Å². The van der Waals surface area contributed by atoms with Crippen LogP contribution in [0.4, 0.5) is 4.39 Å². The summed E-state index contributed by atoms with van der Waals surface area (Å²) in [5.41, 5.74) is 0.0737. The first-order valence-electron chi connectivity index (χ1n) is 10.1. The number of benzene rings is 1. The first-order valence-corrected chi connectivity index (χ1v) is 10.1. The van der Waals surface area contributed by atoms with E-state index in [1.807, 2.05) is 0 Å². The summed E-state index contributed by atoms with van der Waals surface area (Å²) in [6.45, 7) is 0.389. The van der Waals surface area contributed by atoms with Crippen molar-refractivity contribution in [1.82, 2.24) is 19.0 Å². The van der Waals surface area contributed by atoms with E-state index in [1.165, 1.54) is 35.9 Å². The van der Waals surface area contributed by atoms with E-state index >= 15 is 0 Å². The van der Waals surface area contributed by atoms with Crippen LogP contribution in [0.2, 0.25) is 0 Å². The Morgan fingerprint density at radius 3 is 2.58 bits per heavy atom. The van der Waals surface area contributed by atoms with Crippen molar-refractivity contribution in [3.05, 3.63) is 68.7 Å². The summed E-state index contributed by atoms with van der Waals surface area (Å²) in [6.07, 6.45) is 2.52. The fourth-order valence-electron chi connectivity index (χ4n) is 3.95. The molecule has 0 spiro atoms. The fourth-order valence-corrected chi connectivity index (χ4v) is 3.95. The summed E-state index contributed by atoms with van der Waals surface area (Å²) in [7, 11) is 3.00. The normalized spacial score (nSPS) is 16.5. The molecule has 2 aromatic heterocycles. The predicted molar refractivity (Wildman–Crippen MR) is 112 cm³/mol. The monoisotopic (exact) mass is 426 g/mol. The van der Waals surface area contributed by atoms with Gasteiger partial charge in [0.2, 0.25) is 0 Å². The van der Waals surface area contributed by atoms with E-state index in [-0.39, 0.29) is 24.4 Å². The molecular formula is C22H23FN4O4. The first-order chi connectivity index (χ1) is 14.9. The highest BCUT2D eigenvalue weighted by molar-refractivity contribution is 5.79. The number of rotatable bonds is 4. The molecule has 1 aliphatic rings. The van der Waals surface area contributed by atoms with Crippen LogP contribution in [0.1, 0.15) is 31.0 Å². The van der Waals surface area contributed by atoms with Crippen molar-refractivity contribution in [1.29, 1.82) is 0 Å². The summed E-state index contributed by atoms with van der Waals surface area (Å²) >= 11 is 0. The van der Waals surface area contributed by atoms with Gasteiger partial charge < -0.3 is 9.64 Å². The average molecular weight is 426 g/mol. The second kappa shape index (κ2) is 8.33. The van der Waals surface area contributed by atoms with E-state index in [1.54, 1.807) is 24.1 Å². The standard InChI is InChI=1S/C22H23FN4O4/c1-25-20-16(21(29)26(2)22(25)30)10-11-17(24-20)18-5-3-4-12-27(18)19(28)13-31-15-8-6-14(23)7-9-15/h6-11,18H,3-5,12-13H2,1-2H3. The van der Waals surface area contributed by atoms with E-state index in [4.69, 9.17) is 4.74 Å². The third-order valence-corrected chi connectivity index (χ3v) is 5.66. The molecule has 1 aromatic carbocycles. The minimum atomic E-state index is -0.452. The summed E-state index contributed by atoms with van der Waals surface area (Å²) in [5, 5.41) is 0.349. The molecule has 1 aliphatic heterocycles. The average Bonchev–Trinajstić information content (AvgIpc) is 2.80. The Kier molecular flexibility index (Phi) is 5.58. The molecule has 31 heavy (non-hydrogen) atoms. The van der Waals surface area contributed by atoms with Crippen LogP contribution in [0.25, 0.3) is 11.0 Å². The molecule has 9 heteroatoms. The fraction of sp³-hybridized carbons (Fsp3) is 0.364. The molecule has 1 saturated heterocycles. The zero-order valence-electron chi connectivity index (χ0n) is 17.4. The summed E-state index contributed by atoms with van der Waals surface area (Å²) in [5.74, 6) is -0.159. The first kappa shape index (κ1) is 20.8. The molecular weight excluding hydrogens is 403 g/mol. The third-order valence-electron chi connectivity index (χ3n) is 5.66. The van der Waals surface area contributed by atoms with Gasteiger partial charge in [-0.2, -0.15) is 0 Å². The van der Waals surface area contributed by atoms with Gasteiger partial charge in [0, 0.05) is 20.6 Å². The number of likely N-dealkylation sites (tertiary alicyclic amines) is 1. The van der Waals surface area contributed by atoms with Crippen LogP contribution in [0.5, 0.6) is 5.75 Å². The molecule has 8 nitrogen and oxygen atoms in total. The summed E-state index contributed by atoms with van der Waals surface area (Å²) < 4.78 is 21.0. The SMILES string of the molecule is Cn1c(=O)c2ccc(C3CCCCN3C(=O)COc3ccc(F)cc3)nc2n(C)c1=O. The third kappa shape index (κ3) is 3.95. The zero-order chi connectivity index (χ0) is 22.1. The number of ether oxygens (including phenoxy) is 1. The van der Waals surface area contributed by atoms with Gasteiger partial charge in [0.15, 0.2) is 6.61 Å². The lowest BCUT2D eigenvalue weighted by Crippen LogP contribution is -2.41. The van der Waals surface area contributed by atoms with E-state index in [0.717, 1.165) is 23.8 Å². The number of aryl methyl sites for hydroxylation is 1. The Balaban J connectivity index is 1.61. The molecule has 0 radical (unpaired) electrons. The van der Waals surface area contributed by atoms with Gasteiger partial charge in [0.05, 0.1) is 17.1 Å².